The molecule has 0 atom stereocenters. The molecule has 0 aliphatic rings. The van der Waals surface area contributed by atoms with Crippen LogP contribution < -0.4 is 5.73 Å². The van der Waals surface area contributed by atoms with Gasteiger partial charge in [-0.05, 0) is 31.1 Å². The van der Waals surface area contributed by atoms with E-state index in [1.807, 2.05) is 0 Å². The van der Waals surface area contributed by atoms with Crippen molar-refractivity contribution in [1.29, 1.82) is 0 Å². The molecular formula is C8H9NO. The number of hydrogen-bond donors (Lipinski definition) is 1. The van der Waals surface area contributed by atoms with Crippen LogP contribution in [0.2, 0.25) is 0 Å². The van der Waals surface area contributed by atoms with Gasteiger partial charge in [-0.25, -0.2) is 0 Å². The van der Waals surface area contributed by atoms with Crippen LogP contribution in [0, 0.1) is 0 Å². The summed E-state index contributed by atoms with van der Waals surface area (Å²) in [5.41, 5.74) is 5.84. The van der Waals surface area contributed by atoms with E-state index >= 15 is 0 Å². The minimum atomic E-state index is -0.156. The summed E-state index contributed by atoms with van der Waals surface area (Å²) < 4.78 is 14.6. The highest BCUT2D eigenvalue weighted by atomic mass is 16.1. The lowest BCUT2D eigenvalue weighted by Crippen LogP contribution is -1.91. The Morgan fingerprint density at radius 2 is 2.10 bits per heavy atom. The molecule has 1 aromatic rings. The molecule has 0 amide bonds. The summed E-state index contributed by atoms with van der Waals surface area (Å²) in [6.45, 7) is 1.39. The van der Waals surface area contributed by atoms with Crippen molar-refractivity contribution in [2.75, 3.05) is 5.73 Å². The van der Waals surface area contributed by atoms with Crippen molar-refractivity contribution in [3.05, 3.63) is 29.8 Å². The summed E-state index contributed by atoms with van der Waals surface area (Å²) in [6, 6.07) is 2.81. The average molecular weight is 137 g/mol. The van der Waals surface area contributed by atoms with Crippen LogP contribution in [0.1, 0.15) is 20.0 Å². The van der Waals surface area contributed by atoms with E-state index in [0.29, 0.717) is 5.56 Å². The summed E-state index contributed by atoms with van der Waals surface area (Å²) in [6.07, 6.45) is 0. The van der Waals surface area contributed by atoms with Crippen molar-refractivity contribution in [2.45, 2.75) is 6.92 Å². The monoisotopic (exact) mass is 137 g/mol. The Labute approximate surface area is 62.5 Å². The number of nitrogens with two attached hydrogens (primary N) is 1. The first-order chi connectivity index (χ1) is 5.52. The normalized spacial score (nSPS) is 12.1. The first-order valence-electron chi connectivity index (χ1n) is 3.90. The molecule has 2 heteroatoms. The Hall–Kier alpha value is -1.31. The van der Waals surface area contributed by atoms with Gasteiger partial charge in [0, 0.05) is 11.3 Å². The molecule has 1 rings (SSSR count). The van der Waals surface area contributed by atoms with Gasteiger partial charge < -0.3 is 5.73 Å². The van der Waals surface area contributed by atoms with E-state index < -0.39 is 0 Å². The van der Waals surface area contributed by atoms with Crippen molar-refractivity contribution >= 4 is 11.5 Å². The molecule has 0 aliphatic heterocycles. The molecule has 0 unspecified atom stereocenters. The fraction of sp³-hybridized carbons (Fsp3) is 0.125. The minimum absolute atomic E-state index is 0.0349. The first-order valence-corrected chi connectivity index (χ1v) is 2.90. The Bertz CT molecular complexity index is 313. The molecule has 0 saturated heterocycles. The molecule has 0 radical (unpaired) electrons. The summed E-state index contributed by atoms with van der Waals surface area (Å²) in [4.78, 5) is 10.9. The molecule has 52 valence electrons. The third-order valence-corrected chi connectivity index (χ3v) is 1.17. The van der Waals surface area contributed by atoms with Gasteiger partial charge in [0.1, 0.15) is 0 Å². The molecular weight excluding hydrogens is 126 g/mol. The van der Waals surface area contributed by atoms with E-state index in [1.54, 1.807) is 0 Å². The Morgan fingerprint density at radius 1 is 1.60 bits per heavy atom. The SMILES string of the molecule is [2H]c1cc(C(C)=O)cc([2H])c1N. The maximum absolute atomic E-state index is 10.9. The predicted molar refractivity (Wildman–Crippen MR) is 40.9 cm³/mol. The number of benzene rings is 1. The van der Waals surface area contributed by atoms with Crippen LogP contribution in [0.5, 0.6) is 0 Å². The zero-order valence-corrected chi connectivity index (χ0v) is 5.64. The van der Waals surface area contributed by atoms with Crippen molar-refractivity contribution in [1.82, 2.24) is 0 Å². The van der Waals surface area contributed by atoms with Gasteiger partial charge in [-0.15, -0.1) is 0 Å². The molecule has 0 bridgehead atoms. The molecule has 0 fully saturated rings. The molecule has 2 N–H and O–H groups in total. The topological polar surface area (TPSA) is 43.1 Å². The van der Waals surface area contributed by atoms with Gasteiger partial charge in [0.05, 0.1) is 2.74 Å². The van der Waals surface area contributed by atoms with Crippen molar-refractivity contribution in [3.8, 4) is 0 Å². The van der Waals surface area contributed by atoms with E-state index in [-0.39, 0.29) is 23.6 Å². The number of carbonyl (C=O) groups excluding carboxylic acids is 1. The third kappa shape index (κ3) is 1.35. The summed E-state index contributed by atoms with van der Waals surface area (Å²) >= 11 is 0. The second-order valence-corrected chi connectivity index (χ2v) is 2.00. The van der Waals surface area contributed by atoms with E-state index in [9.17, 15) is 4.79 Å². The van der Waals surface area contributed by atoms with E-state index in [0.717, 1.165) is 0 Å². The lowest BCUT2D eigenvalue weighted by Gasteiger charge is -1.94. The number of carbonyl (C=O) groups is 1. The fourth-order valence-electron chi connectivity index (χ4n) is 0.598. The number of anilines is 1. The third-order valence-electron chi connectivity index (χ3n) is 1.17. The van der Waals surface area contributed by atoms with Gasteiger partial charge in [0.25, 0.3) is 0 Å². The summed E-state index contributed by atoms with van der Waals surface area (Å²) in [7, 11) is 0. The Morgan fingerprint density at radius 3 is 2.50 bits per heavy atom. The first kappa shape index (κ1) is 4.50. The Kier molecular flexibility index (Phi) is 1.13. The zero-order valence-electron chi connectivity index (χ0n) is 7.64. The largest absolute Gasteiger partial charge is 0.399 e. The van der Waals surface area contributed by atoms with Crippen molar-refractivity contribution in [3.63, 3.8) is 0 Å². The zero-order chi connectivity index (χ0) is 9.30. The second-order valence-electron chi connectivity index (χ2n) is 2.00. The van der Waals surface area contributed by atoms with Crippen LogP contribution in [0.4, 0.5) is 5.69 Å². The fourth-order valence-corrected chi connectivity index (χ4v) is 0.598. The van der Waals surface area contributed by atoms with E-state index in [2.05, 4.69) is 0 Å². The van der Waals surface area contributed by atoms with Crippen LogP contribution in [-0.2, 0) is 0 Å². The van der Waals surface area contributed by atoms with Gasteiger partial charge in [-0.1, -0.05) is 0 Å². The number of Topliss-reactive ketones (excluding diaryl/α,β-unsaturated/α-hetero) is 1. The highest BCUT2D eigenvalue weighted by Crippen LogP contribution is 2.05. The van der Waals surface area contributed by atoms with Crippen LogP contribution in [0.15, 0.2) is 24.2 Å². The lowest BCUT2D eigenvalue weighted by atomic mass is 10.1. The minimum Gasteiger partial charge on any atom is -0.399 e. The summed E-state index contributed by atoms with van der Waals surface area (Å²) in [5.74, 6) is -0.156. The molecule has 0 aliphatic carbocycles. The molecule has 0 saturated carbocycles. The van der Waals surface area contributed by atoms with Gasteiger partial charge in [0.2, 0.25) is 0 Å². The highest BCUT2D eigenvalue weighted by molar-refractivity contribution is 5.94. The molecule has 10 heavy (non-hydrogen) atoms. The van der Waals surface area contributed by atoms with Crippen molar-refractivity contribution in [2.24, 2.45) is 0 Å². The molecule has 0 aromatic heterocycles. The van der Waals surface area contributed by atoms with E-state index in [1.165, 1.54) is 19.1 Å². The standard InChI is InChI=1S/C8H9NO/c1-6(10)7-2-4-8(9)5-3-7/h2-5H,9H2,1H3/i4D,5D. The maximum atomic E-state index is 10.9. The quantitative estimate of drug-likeness (QED) is 0.470. The van der Waals surface area contributed by atoms with Crippen molar-refractivity contribution < 1.29 is 7.54 Å². The predicted octanol–water partition coefficient (Wildman–Crippen LogP) is 1.47. The van der Waals surface area contributed by atoms with Crippen LogP contribution in [-0.4, -0.2) is 5.78 Å². The van der Waals surface area contributed by atoms with Gasteiger partial charge >= 0.3 is 0 Å². The molecule has 1 aromatic carbocycles. The van der Waals surface area contributed by atoms with Gasteiger partial charge in [-0.2, -0.15) is 0 Å². The molecule has 2 nitrogen and oxygen atoms in total. The van der Waals surface area contributed by atoms with E-state index in [4.69, 9.17) is 8.48 Å². The van der Waals surface area contributed by atoms with Crippen LogP contribution in [0.3, 0.4) is 0 Å². The number of ketones is 1. The Balaban J connectivity index is 3.31. The van der Waals surface area contributed by atoms with Crippen LogP contribution >= 0.6 is 0 Å². The average Bonchev–Trinajstić information content (AvgIpc) is 1.99. The number of hydrogen-bond acceptors (Lipinski definition) is 2. The van der Waals surface area contributed by atoms with Crippen LogP contribution in [0.25, 0.3) is 0 Å². The smallest absolute Gasteiger partial charge is 0.159 e. The van der Waals surface area contributed by atoms with Gasteiger partial charge in [-0.3, -0.25) is 4.79 Å². The maximum Gasteiger partial charge on any atom is 0.159 e. The lowest BCUT2D eigenvalue weighted by molar-refractivity contribution is 0.101. The number of nitrogen functional groups attached to an aromatic ring is 1. The highest BCUT2D eigenvalue weighted by Gasteiger charge is 1.95. The summed E-state index contributed by atoms with van der Waals surface area (Å²) in [5, 5.41) is 0. The second kappa shape index (κ2) is 2.52. The van der Waals surface area contributed by atoms with Gasteiger partial charge in [0.15, 0.2) is 5.78 Å². The number of rotatable bonds is 1. The molecule has 0 heterocycles. The molecule has 0 spiro atoms.